The summed E-state index contributed by atoms with van der Waals surface area (Å²) < 4.78 is 8.00. The van der Waals surface area contributed by atoms with Crippen LogP contribution in [0.25, 0.3) is 115 Å². The number of hydrogen-bond donors (Lipinski definition) is 0. The molecule has 0 nitrogen and oxygen atoms in total. The number of allylic oxidation sites excluding steroid dienone is 4. The Hall–Kier alpha value is -7.40. The lowest BCUT2D eigenvalue weighted by Crippen LogP contribution is -2.40. The van der Waals surface area contributed by atoms with Crippen molar-refractivity contribution in [3.63, 3.8) is 0 Å². The van der Waals surface area contributed by atoms with Gasteiger partial charge < -0.3 is 0 Å². The van der Waals surface area contributed by atoms with Crippen LogP contribution in [0.5, 0.6) is 0 Å². The molecule has 0 aliphatic heterocycles. The van der Waals surface area contributed by atoms with Crippen molar-refractivity contribution < 1.29 is 0 Å². The van der Waals surface area contributed by atoms with Crippen molar-refractivity contribution in [1.82, 2.24) is 0 Å². The van der Waals surface area contributed by atoms with Crippen LogP contribution in [0.4, 0.5) is 0 Å². The van der Waals surface area contributed by atoms with Crippen molar-refractivity contribution in [3.8, 4) is 22.3 Å². The average molecular weight is 903 g/mol. The molecule has 2 unspecified atom stereocenters. The summed E-state index contributed by atoms with van der Waals surface area (Å²) in [5.74, 6) is 0.451. The van der Waals surface area contributed by atoms with E-state index in [2.05, 4.69) is 218 Å². The zero-order valence-corrected chi connectivity index (χ0v) is 38.6. The maximum absolute atomic E-state index is 2.49. The van der Waals surface area contributed by atoms with Gasteiger partial charge in [-0.15, -0.1) is 34.0 Å². The molecule has 13 aromatic rings. The van der Waals surface area contributed by atoms with Crippen LogP contribution in [0.15, 0.2) is 218 Å². The molecule has 2 atom stereocenters. The Bertz CT molecular complexity index is 4410. The van der Waals surface area contributed by atoms with E-state index in [1.165, 1.54) is 137 Å². The Morgan fingerprint density at radius 1 is 0.254 bits per heavy atom. The molecule has 2 aliphatic rings. The molecule has 3 heteroatoms. The predicted molar refractivity (Wildman–Crippen MR) is 293 cm³/mol. The van der Waals surface area contributed by atoms with Gasteiger partial charge in [-0.05, 0) is 119 Å². The van der Waals surface area contributed by atoms with Gasteiger partial charge in [-0.1, -0.05) is 176 Å². The van der Waals surface area contributed by atoms with E-state index in [1.54, 1.807) is 0 Å². The van der Waals surface area contributed by atoms with Gasteiger partial charge in [-0.25, -0.2) is 0 Å². The molecule has 3 heterocycles. The molecule has 0 N–H and O–H groups in total. The van der Waals surface area contributed by atoms with Crippen LogP contribution in [-0.4, -0.2) is 0 Å². The first kappa shape index (κ1) is 37.8. The maximum Gasteiger partial charge on any atom is 0.0361 e. The number of thiophene rings is 3. The monoisotopic (exact) mass is 902 g/mol. The molecule has 0 bridgehead atoms. The van der Waals surface area contributed by atoms with E-state index in [1.807, 2.05) is 34.0 Å². The standard InChI is InChI=1S/C64H38S3/c1-3-17-48-46(15-1)61(47-16-2-4-18-49(47)62(48)38-25-29-43-41-13-9-11-23-55(41)65-58(43)34-38)37-28-32-57-54(33-37)45-31-27-40(36-60(45)67-57)64-52-21-7-5-19-50(52)63(51-20-6-8-22-53(51)64)39-26-30-44-42-14-10-12-24-56(42)66-59(44)35-39/h1-36,46,48H. The van der Waals surface area contributed by atoms with Gasteiger partial charge in [0.1, 0.15) is 0 Å². The smallest absolute Gasteiger partial charge is 0.0361 e. The topological polar surface area (TPSA) is 0 Å². The third-order valence-electron chi connectivity index (χ3n) is 14.7. The molecular formula is C64H38S3. The van der Waals surface area contributed by atoms with Gasteiger partial charge >= 0.3 is 0 Å². The Balaban J connectivity index is 0.891. The van der Waals surface area contributed by atoms with Gasteiger partial charge in [0.25, 0.3) is 0 Å². The van der Waals surface area contributed by atoms with E-state index in [0.29, 0.717) is 0 Å². The SMILES string of the molecule is C1=CC2C(c3ccc4c(c3)sc3ccccc34)=c3ccccc3=C(c3ccc4sc5cc(-c6c7ccccc7c(-c7ccc8c(c7)sc7ccccc78)c7ccccc67)ccc5c4c3)C2C=C1. The second-order valence-corrected chi connectivity index (χ2v) is 21.4. The lowest BCUT2D eigenvalue weighted by atomic mass is 9.70. The first-order valence-corrected chi connectivity index (χ1v) is 25.6. The van der Waals surface area contributed by atoms with Crippen molar-refractivity contribution in [2.45, 2.75) is 0 Å². The Morgan fingerprint density at radius 3 is 1.09 bits per heavy atom. The van der Waals surface area contributed by atoms with E-state index in [-0.39, 0.29) is 11.8 Å². The molecule has 10 aromatic carbocycles. The lowest BCUT2D eigenvalue weighted by Gasteiger charge is -2.33. The number of hydrogen-bond acceptors (Lipinski definition) is 3. The minimum atomic E-state index is 0.221. The van der Waals surface area contributed by atoms with Gasteiger partial charge in [0.2, 0.25) is 0 Å². The van der Waals surface area contributed by atoms with Crippen LogP contribution >= 0.6 is 34.0 Å². The summed E-state index contributed by atoms with van der Waals surface area (Å²) in [5.41, 5.74) is 10.6. The molecule has 0 radical (unpaired) electrons. The van der Waals surface area contributed by atoms with Crippen molar-refractivity contribution in [1.29, 1.82) is 0 Å². The fourth-order valence-electron chi connectivity index (χ4n) is 11.8. The van der Waals surface area contributed by atoms with Gasteiger partial charge in [-0.2, -0.15) is 0 Å². The van der Waals surface area contributed by atoms with Crippen LogP contribution in [0.3, 0.4) is 0 Å². The maximum atomic E-state index is 2.49. The van der Waals surface area contributed by atoms with E-state index >= 15 is 0 Å². The van der Waals surface area contributed by atoms with Crippen molar-refractivity contribution in [2.75, 3.05) is 0 Å². The Labute approximate surface area is 398 Å². The molecule has 0 saturated carbocycles. The minimum absolute atomic E-state index is 0.221. The first-order valence-electron chi connectivity index (χ1n) is 23.1. The summed E-state index contributed by atoms with van der Waals surface area (Å²) in [7, 11) is 0. The van der Waals surface area contributed by atoms with Crippen molar-refractivity contribution in [3.05, 3.63) is 240 Å². The highest BCUT2D eigenvalue weighted by molar-refractivity contribution is 7.26. The van der Waals surface area contributed by atoms with E-state index in [0.717, 1.165) is 0 Å². The van der Waals surface area contributed by atoms with Gasteiger partial charge in [0.05, 0.1) is 0 Å². The molecule has 0 fully saturated rings. The van der Waals surface area contributed by atoms with Crippen LogP contribution in [0.2, 0.25) is 0 Å². The quantitative estimate of drug-likeness (QED) is 0.154. The van der Waals surface area contributed by atoms with Crippen molar-refractivity contribution in [2.24, 2.45) is 11.8 Å². The second-order valence-electron chi connectivity index (χ2n) is 18.2. The fourth-order valence-corrected chi connectivity index (χ4v) is 15.2. The largest absolute Gasteiger partial charge is 0.135 e. The van der Waals surface area contributed by atoms with E-state index < -0.39 is 0 Å². The lowest BCUT2D eigenvalue weighted by molar-refractivity contribution is 0.686. The Kier molecular flexibility index (Phi) is 8.20. The molecule has 67 heavy (non-hydrogen) atoms. The number of benzene rings is 10. The molecule has 312 valence electrons. The average Bonchev–Trinajstić information content (AvgIpc) is 4.07. The number of fused-ring (bicyclic) bond motifs is 13. The highest BCUT2D eigenvalue weighted by atomic mass is 32.1. The van der Waals surface area contributed by atoms with E-state index in [4.69, 9.17) is 0 Å². The molecule has 0 saturated heterocycles. The van der Waals surface area contributed by atoms with Crippen molar-refractivity contribution >= 4 is 127 Å². The van der Waals surface area contributed by atoms with Gasteiger partial charge in [0, 0.05) is 72.4 Å². The summed E-state index contributed by atoms with van der Waals surface area (Å²) in [6, 6.07) is 73.6. The second kappa shape index (κ2) is 14.5. The van der Waals surface area contributed by atoms with E-state index in [9.17, 15) is 0 Å². The van der Waals surface area contributed by atoms with Crippen LogP contribution in [0.1, 0.15) is 11.1 Å². The fraction of sp³-hybridized carbons (Fsp3) is 0.0312. The molecule has 0 amide bonds. The molecule has 2 aliphatic carbocycles. The van der Waals surface area contributed by atoms with Crippen LogP contribution in [0, 0.1) is 11.8 Å². The molecule has 3 aromatic heterocycles. The first-order chi connectivity index (χ1) is 33.2. The molecular weight excluding hydrogens is 865 g/mol. The third kappa shape index (κ3) is 5.63. The molecule has 15 rings (SSSR count). The summed E-state index contributed by atoms with van der Waals surface area (Å²) >= 11 is 5.70. The highest BCUT2D eigenvalue weighted by Gasteiger charge is 2.32. The third-order valence-corrected chi connectivity index (χ3v) is 18.1. The van der Waals surface area contributed by atoms with Gasteiger partial charge in [0.15, 0.2) is 0 Å². The molecule has 0 spiro atoms. The Morgan fingerprint density at radius 2 is 0.597 bits per heavy atom. The summed E-state index contributed by atoms with van der Waals surface area (Å²) in [5, 5.41) is 15.8. The minimum Gasteiger partial charge on any atom is -0.135 e. The zero-order valence-electron chi connectivity index (χ0n) is 36.2. The number of rotatable bonds is 4. The highest BCUT2D eigenvalue weighted by Crippen LogP contribution is 2.48. The summed E-state index contributed by atoms with van der Waals surface area (Å²) in [4.78, 5) is 0. The van der Waals surface area contributed by atoms with Crippen LogP contribution in [-0.2, 0) is 0 Å². The predicted octanol–water partition coefficient (Wildman–Crippen LogP) is 17.2. The van der Waals surface area contributed by atoms with Crippen LogP contribution < -0.4 is 10.4 Å². The van der Waals surface area contributed by atoms with Gasteiger partial charge in [-0.3, -0.25) is 0 Å². The summed E-state index contributed by atoms with van der Waals surface area (Å²) in [6.07, 6.45) is 9.39. The summed E-state index contributed by atoms with van der Waals surface area (Å²) in [6.45, 7) is 0. The zero-order chi connectivity index (χ0) is 43.7. The normalized spacial score (nSPS) is 15.9.